The summed E-state index contributed by atoms with van der Waals surface area (Å²) < 4.78 is 28.0. The van der Waals surface area contributed by atoms with Crippen LogP contribution in [0.1, 0.15) is 22.9 Å². The minimum Gasteiger partial charge on any atom is -0.369 e. The van der Waals surface area contributed by atoms with Crippen molar-refractivity contribution in [1.29, 1.82) is 0 Å². The molecule has 2 aliphatic rings. The minimum absolute atomic E-state index is 0.0415. The monoisotopic (exact) mass is 382 g/mol. The Bertz CT molecular complexity index is 1000. The molecule has 6 heteroatoms. The molecule has 2 aromatic carbocycles. The molecule has 1 fully saturated rings. The lowest BCUT2D eigenvalue weighted by molar-refractivity contribution is 0.313. The average molecular weight is 382 g/mol. The first-order chi connectivity index (χ1) is 13.6. The van der Waals surface area contributed by atoms with E-state index in [9.17, 15) is 8.78 Å². The van der Waals surface area contributed by atoms with Gasteiger partial charge in [0.2, 0.25) is 0 Å². The Balaban J connectivity index is 1.47. The number of benzene rings is 2. The molecule has 2 aliphatic heterocycles. The first-order valence-electron chi connectivity index (χ1n) is 9.86. The fraction of sp³-hybridized carbons (Fsp3) is 0.364. The van der Waals surface area contributed by atoms with Crippen molar-refractivity contribution in [3.05, 3.63) is 64.9 Å². The fourth-order valence-electron chi connectivity index (χ4n) is 4.48. The van der Waals surface area contributed by atoms with E-state index in [1.54, 1.807) is 0 Å². The van der Waals surface area contributed by atoms with E-state index in [0.717, 1.165) is 62.0 Å². The Morgan fingerprint density at radius 1 is 1.00 bits per heavy atom. The van der Waals surface area contributed by atoms with Crippen LogP contribution in [0, 0.1) is 11.6 Å². The summed E-state index contributed by atoms with van der Waals surface area (Å²) in [6, 6.07) is 11.0. The Morgan fingerprint density at radius 2 is 1.75 bits per heavy atom. The van der Waals surface area contributed by atoms with E-state index in [1.165, 1.54) is 11.8 Å². The number of fused-ring (bicyclic) bond motifs is 3. The lowest BCUT2D eigenvalue weighted by Crippen LogP contribution is -2.44. The summed E-state index contributed by atoms with van der Waals surface area (Å²) in [5, 5.41) is 4.18. The molecule has 1 aromatic heterocycles. The fourth-order valence-corrected chi connectivity index (χ4v) is 4.48. The van der Waals surface area contributed by atoms with Crippen LogP contribution >= 0.6 is 0 Å². The van der Waals surface area contributed by atoms with Gasteiger partial charge in [0, 0.05) is 55.6 Å². The van der Waals surface area contributed by atoms with Gasteiger partial charge in [-0.15, -0.1) is 0 Å². The summed E-state index contributed by atoms with van der Waals surface area (Å²) in [5.74, 6) is -1.06. The Labute approximate surface area is 163 Å². The normalized spacial score (nSPS) is 20.5. The summed E-state index contributed by atoms with van der Waals surface area (Å²) in [4.78, 5) is 7.97. The number of H-pyrrole nitrogens is 1. The first kappa shape index (κ1) is 17.6. The van der Waals surface area contributed by atoms with Gasteiger partial charge in [-0.25, -0.2) is 8.78 Å². The van der Waals surface area contributed by atoms with Gasteiger partial charge in [0.25, 0.3) is 0 Å². The van der Waals surface area contributed by atoms with Crippen molar-refractivity contribution in [1.82, 2.24) is 15.2 Å². The van der Waals surface area contributed by atoms with Gasteiger partial charge in [0.15, 0.2) is 0 Å². The second kappa shape index (κ2) is 6.87. The van der Waals surface area contributed by atoms with Crippen molar-refractivity contribution < 1.29 is 8.78 Å². The van der Waals surface area contributed by atoms with E-state index in [2.05, 4.69) is 51.4 Å². The van der Waals surface area contributed by atoms with Crippen molar-refractivity contribution in [2.75, 3.05) is 44.7 Å². The largest absolute Gasteiger partial charge is 0.369 e. The van der Waals surface area contributed by atoms with Crippen molar-refractivity contribution in [3.8, 4) is 0 Å². The number of nitrogens with zero attached hydrogens (tertiary/aromatic N) is 2. The number of aromatic nitrogens is 1. The summed E-state index contributed by atoms with van der Waals surface area (Å²) in [5.41, 5.74) is 4.72. The number of anilines is 1. The molecule has 28 heavy (non-hydrogen) atoms. The van der Waals surface area contributed by atoms with E-state index in [1.807, 2.05) is 0 Å². The maximum atomic E-state index is 14.2. The molecule has 1 unspecified atom stereocenters. The number of piperazine rings is 1. The van der Waals surface area contributed by atoms with Crippen LogP contribution in [0.3, 0.4) is 0 Å². The van der Waals surface area contributed by atoms with E-state index in [-0.39, 0.29) is 6.04 Å². The van der Waals surface area contributed by atoms with E-state index >= 15 is 0 Å². The van der Waals surface area contributed by atoms with Crippen molar-refractivity contribution in [2.45, 2.75) is 12.5 Å². The number of rotatable bonds is 2. The van der Waals surface area contributed by atoms with Crippen LogP contribution in [0.5, 0.6) is 0 Å². The highest BCUT2D eigenvalue weighted by Crippen LogP contribution is 2.35. The molecule has 0 amide bonds. The number of hydrogen-bond acceptors (Lipinski definition) is 3. The minimum atomic E-state index is -0.534. The summed E-state index contributed by atoms with van der Waals surface area (Å²) in [7, 11) is 2.15. The van der Waals surface area contributed by atoms with Gasteiger partial charge in [-0.1, -0.05) is 12.1 Å². The smallest absolute Gasteiger partial charge is 0.150 e. The molecule has 3 heterocycles. The Kier molecular flexibility index (Phi) is 4.33. The van der Waals surface area contributed by atoms with Crippen LogP contribution < -0.4 is 10.2 Å². The number of aromatic amines is 1. The zero-order valence-electron chi connectivity index (χ0n) is 15.9. The highest BCUT2D eigenvalue weighted by atomic mass is 19.1. The zero-order valence-corrected chi connectivity index (χ0v) is 15.9. The molecule has 1 saturated heterocycles. The molecular formula is C22H24F2N4. The lowest BCUT2D eigenvalue weighted by Gasteiger charge is -2.34. The van der Waals surface area contributed by atoms with Crippen LogP contribution in [-0.2, 0) is 6.42 Å². The standard InChI is InChI=1S/C22H24F2N4/c1-27-8-10-28(11-9-27)16-4-2-14(3-5-16)20-22-17(6-7-25-20)18-12-15(23)13-19(24)21(18)26-22/h2-5,12-13,20,25-26H,6-11H2,1H3. The lowest BCUT2D eigenvalue weighted by atomic mass is 9.94. The summed E-state index contributed by atoms with van der Waals surface area (Å²) >= 11 is 0. The van der Waals surface area contributed by atoms with Gasteiger partial charge in [0.1, 0.15) is 11.6 Å². The SMILES string of the molecule is CN1CCN(c2ccc(C3NCCc4c3[nH]c3c(F)cc(F)cc43)cc2)CC1. The highest BCUT2D eigenvalue weighted by Gasteiger charge is 2.26. The molecule has 2 N–H and O–H groups in total. The average Bonchev–Trinajstić information content (AvgIpc) is 3.08. The molecule has 146 valence electrons. The number of halogens is 2. The third-order valence-electron chi connectivity index (χ3n) is 6.07. The first-order valence-corrected chi connectivity index (χ1v) is 9.86. The highest BCUT2D eigenvalue weighted by molar-refractivity contribution is 5.86. The topological polar surface area (TPSA) is 34.3 Å². The third kappa shape index (κ3) is 2.97. The van der Waals surface area contributed by atoms with Gasteiger partial charge >= 0.3 is 0 Å². The van der Waals surface area contributed by atoms with E-state index in [4.69, 9.17) is 0 Å². The number of likely N-dealkylation sites (N-methyl/N-ethyl adjacent to an activating group) is 1. The molecule has 1 atom stereocenters. The van der Waals surface area contributed by atoms with E-state index in [0.29, 0.717) is 10.9 Å². The number of nitrogens with one attached hydrogen (secondary N) is 2. The van der Waals surface area contributed by atoms with Crippen LogP contribution in [0.4, 0.5) is 14.5 Å². The third-order valence-corrected chi connectivity index (χ3v) is 6.07. The van der Waals surface area contributed by atoms with E-state index < -0.39 is 11.6 Å². The van der Waals surface area contributed by atoms with Gasteiger partial charge in [-0.05, 0) is 42.8 Å². The maximum absolute atomic E-state index is 14.2. The molecule has 5 rings (SSSR count). The van der Waals surface area contributed by atoms with Crippen molar-refractivity contribution in [2.24, 2.45) is 0 Å². The van der Waals surface area contributed by atoms with Crippen molar-refractivity contribution >= 4 is 16.6 Å². The number of hydrogen-bond donors (Lipinski definition) is 2. The van der Waals surface area contributed by atoms with Gasteiger partial charge in [0.05, 0.1) is 11.6 Å². The molecule has 0 saturated carbocycles. The molecule has 4 nitrogen and oxygen atoms in total. The van der Waals surface area contributed by atoms with Crippen LogP contribution in [0.25, 0.3) is 10.9 Å². The summed E-state index contributed by atoms with van der Waals surface area (Å²) in [6.07, 6.45) is 0.758. The van der Waals surface area contributed by atoms with Crippen molar-refractivity contribution in [3.63, 3.8) is 0 Å². The second-order valence-corrected chi connectivity index (χ2v) is 7.85. The molecule has 0 radical (unpaired) electrons. The van der Waals surface area contributed by atoms with Gasteiger partial charge < -0.3 is 20.1 Å². The molecule has 0 aliphatic carbocycles. The molecule has 0 bridgehead atoms. The zero-order chi connectivity index (χ0) is 19.3. The quantitative estimate of drug-likeness (QED) is 0.713. The second-order valence-electron chi connectivity index (χ2n) is 7.85. The predicted octanol–water partition coefficient (Wildman–Crippen LogP) is 3.43. The van der Waals surface area contributed by atoms with Gasteiger partial charge in [-0.3, -0.25) is 0 Å². The predicted molar refractivity (Wildman–Crippen MR) is 108 cm³/mol. The Morgan fingerprint density at radius 3 is 2.50 bits per heavy atom. The van der Waals surface area contributed by atoms with Crippen LogP contribution in [-0.4, -0.2) is 49.7 Å². The van der Waals surface area contributed by atoms with Crippen LogP contribution in [0.2, 0.25) is 0 Å². The Hall–Kier alpha value is -2.44. The molecule has 3 aromatic rings. The molecule has 0 spiro atoms. The summed E-state index contributed by atoms with van der Waals surface area (Å²) in [6.45, 7) is 5.00. The molecular weight excluding hydrogens is 358 g/mol. The van der Waals surface area contributed by atoms with Gasteiger partial charge in [-0.2, -0.15) is 0 Å². The van der Waals surface area contributed by atoms with Crippen LogP contribution in [0.15, 0.2) is 36.4 Å². The maximum Gasteiger partial charge on any atom is 0.150 e.